The summed E-state index contributed by atoms with van der Waals surface area (Å²) in [5, 5.41) is 18.2. The van der Waals surface area contributed by atoms with Crippen LogP contribution in [0, 0.1) is 0 Å². The third-order valence-electron chi connectivity index (χ3n) is 1.89. The molecule has 0 aromatic rings. The van der Waals surface area contributed by atoms with Crippen molar-refractivity contribution in [2.24, 2.45) is 0 Å². The summed E-state index contributed by atoms with van der Waals surface area (Å²) in [7, 11) is 2.99. The van der Waals surface area contributed by atoms with Gasteiger partial charge in [-0.05, 0) is 6.42 Å². The Kier molecular flexibility index (Phi) is 16.9. The van der Waals surface area contributed by atoms with Gasteiger partial charge in [0, 0.05) is 24.7 Å². The zero-order chi connectivity index (χ0) is 19.7. The molecule has 7 nitrogen and oxygen atoms in total. The largest absolute Gasteiger partial charge is 0.490 e. The molecule has 0 bridgehead atoms. The maximum atomic E-state index is 11.7. The predicted molar refractivity (Wildman–Crippen MR) is 85.3 cm³/mol. The maximum absolute atomic E-state index is 11.7. The van der Waals surface area contributed by atoms with E-state index in [0.29, 0.717) is 24.5 Å². The molecule has 0 aliphatic heterocycles. The van der Waals surface area contributed by atoms with Crippen molar-refractivity contribution >= 4 is 39.4 Å². The van der Waals surface area contributed by atoms with Gasteiger partial charge in [0.05, 0.1) is 13.1 Å². The van der Waals surface area contributed by atoms with Crippen LogP contribution in [-0.2, 0) is 19.1 Å². The molecule has 0 aromatic carbocycles. The van der Waals surface area contributed by atoms with Gasteiger partial charge in [-0.15, -0.1) is 0 Å². The second-order valence-corrected chi connectivity index (χ2v) is 6.74. The van der Waals surface area contributed by atoms with Gasteiger partial charge in [0.15, 0.2) is 0 Å². The summed E-state index contributed by atoms with van der Waals surface area (Å²) in [4.78, 5) is 30.3. The molecule has 1 amide bonds. The van der Waals surface area contributed by atoms with E-state index in [1.165, 1.54) is 21.6 Å². The summed E-state index contributed by atoms with van der Waals surface area (Å²) >= 11 is 0. The van der Waals surface area contributed by atoms with Crippen LogP contribution in [0.1, 0.15) is 12.8 Å². The van der Waals surface area contributed by atoms with Gasteiger partial charge in [-0.3, -0.25) is 14.0 Å². The zero-order valence-electron chi connectivity index (χ0n) is 13.0. The minimum atomic E-state index is -5.08. The standard InChI is InChI=1S/C10H18FNO4S2.C2HF3O2/c11-3-1-5-16-8-9(13)12-4-7-18-17-6-2-10(14)15;3-2(4,5)1(6)7/h1-8H2,(H,12,13)(H,14,15);(H,6,7). The SMILES string of the molecule is O=C(O)C(F)(F)F.O=C(O)CCSSCCNC(=O)COCCCF. The van der Waals surface area contributed by atoms with Crippen molar-refractivity contribution < 1.29 is 46.9 Å². The lowest BCUT2D eigenvalue weighted by Gasteiger charge is -2.05. The second-order valence-electron chi connectivity index (χ2n) is 4.04. The van der Waals surface area contributed by atoms with Gasteiger partial charge < -0.3 is 20.3 Å². The van der Waals surface area contributed by atoms with E-state index in [9.17, 15) is 27.2 Å². The highest BCUT2D eigenvalue weighted by Crippen LogP contribution is 2.20. The Morgan fingerprint density at radius 3 is 2.12 bits per heavy atom. The first-order valence-electron chi connectivity index (χ1n) is 6.78. The van der Waals surface area contributed by atoms with Gasteiger partial charge in [0.1, 0.15) is 6.61 Å². The maximum Gasteiger partial charge on any atom is 0.490 e. The predicted octanol–water partition coefficient (Wildman–Crippen LogP) is 1.97. The molecule has 148 valence electrons. The Morgan fingerprint density at radius 2 is 1.64 bits per heavy atom. The highest BCUT2D eigenvalue weighted by Gasteiger charge is 2.38. The van der Waals surface area contributed by atoms with E-state index in [0.717, 1.165) is 0 Å². The molecule has 0 saturated heterocycles. The molecule has 25 heavy (non-hydrogen) atoms. The van der Waals surface area contributed by atoms with Gasteiger partial charge in [-0.1, -0.05) is 21.6 Å². The van der Waals surface area contributed by atoms with Gasteiger partial charge in [0.2, 0.25) is 5.91 Å². The number of carbonyl (C=O) groups is 3. The minimum Gasteiger partial charge on any atom is -0.481 e. The number of hydrogen-bond acceptors (Lipinski definition) is 6. The van der Waals surface area contributed by atoms with E-state index in [4.69, 9.17) is 19.7 Å². The summed E-state index contributed by atoms with van der Waals surface area (Å²) in [5.74, 6) is -2.51. The number of alkyl halides is 4. The lowest BCUT2D eigenvalue weighted by molar-refractivity contribution is -0.192. The molecule has 3 N–H and O–H groups in total. The van der Waals surface area contributed by atoms with Crippen LogP contribution in [0.25, 0.3) is 0 Å². The van der Waals surface area contributed by atoms with Crippen LogP contribution in [0.2, 0.25) is 0 Å². The molecular formula is C12H19F4NO6S2. The molecule has 0 heterocycles. The third-order valence-corrected chi connectivity index (χ3v) is 4.30. The quantitative estimate of drug-likeness (QED) is 0.253. The first kappa shape index (κ1) is 26.0. The molecule has 0 aliphatic carbocycles. The van der Waals surface area contributed by atoms with Crippen molar-refractivity contribution in [3.8, 4) is 0 Å². The first-order chi connectivity index (χ1) is 11.6. The van der Waals surface area contributed by atoms with Gasteiger partial charge in [0.25, 0.3) is 0 Å². The molecule has 0 aromatic heterocycles. The molecule has 0 atom stereocenters. The summed E-state index contributed by atoms with van der Waals surface area (Å²) < 4.78 is 48.4. The van der Waals surface area contributed by atoms with Crippen LogP contribution in [-0.4, -0.2) is 72.2 Å². The normalized spacial score (nSPS) is 10.6. The number of rotatable bonds is 12. The van der Waals surface area contributed by atoms with Crippen molar-refractivity contribution in [2.75, 3.05) is 37.9 Å². The Balaban J connectivity index is 0. The average Bonchev–Trinajstić information content (AvgIpc) is 2.50. The van der Waals surface area contributed by atoms with Crippen molar-refractivity contribution in [3.63, 3.8) is 0 Å². The van der Waals surface area contributed by atoms with Crippen molar-refractivity contribution in [1.29, 1.82) is 0 Å². The van der Waals surface area contributed by atoms with E-state index in [1.807, 2.05) is 0 Å². The number of aliphatic carboxylic acids is 2. The van der Waals surface area contributed by atoms with E-state index < -0.39 is 24.8 Å². The van der Waals surface area contributed by atoms with E-state index in [-0.39, 0.29) is 25.5 Å². The molecule has 0 fully saturated rings. The van der Waals surface area contributed by atoms with Gasteiger partial charge in [-0.2, -0.15) is 13.2 Å². The fourth-order valence-electron chi connectivity index (χ4n) is 0.851. The number of amides is 1. The highest BCUT2D eigenvalue weighted by molar-refractivity contribution is 8.76. The smallest absolute Gasteiger partial charge is 0.481 e. The summed E-state index contributed by atoms with van der Waals surface area (Å²) in [6.45, 7) is 0.280. The number of nitrogens with one attached hydrogen (secondary N) is 1. The van der Waals surface area contributed by atoms with E-state index in [1.54, 1.807) is 0 Å². The average molecular weight is 413 g/mol. The lowest BCUT2D eigenvalue weighted by Crippen LogP contribution is -2.29. The lowest BCUT2D eigenvalue weighted by atomic mass is 10.5. The number of carboxylic acid groups (broad SMARTS) is 2. The van der Waals surface area contributed by atoms with Crippen LogP contribution in [0.5, 0.6) is 0 Å². The molecule has 0 rings (SSSR count). The molecule has 0 saturated carbocycles. The van der Waals surface area contributed by atoms with Crippen LogP contribution in [0.15, 0.2) is 0 Å². The van der Waals surface area contributed by atoms with E-state index >= 15 is 0 Å². The number of hydrogen-bond donors (Lipinski definition) is 3. The molecule has 0 spiro atoms. The molecule has 13 heteroatoms. The van der Waals surface area contributed by atoms with Crippen LogP contribution in [0.4, 0.5) is 17.6 Å². The molecular weight excluding hydrogens is 394 g/mol. The van der Waals surface area contributed by atoms with Gasteiger partial charge in [-0.25, -0.2) is 4.79 Å². The topological polar surface area (TPSA) is 113 Å². The third kappa shape index (κ3) is 22.8. The highest BCUT2D eigenvalue weighted by atomic mass is 33.1. The summed E-state index contributed by atoms with van der Waals surface area (Å²) in [6.07, 6.45) is -4.63. The molecule has 0 radical (unpaired) electrons. The number of halogens is 4. The van der Waals surface area contributed by atoms with Crippen molar-refractivity contribution in [3.05, 3.63) is 0 Å². The number of carboxylic acids is 2. The monoisotopic (exact) mass is 413 g/mol. The van der Waals surface area contributed by atoms with E-state index in [2.05, 4.69) is 5.32 Å². The van der Waals surface area contributed by atoms with Crippen molar-refractivity contribution in [2.45, 2.75) is 19.0 Å². The Labute approximate surface area is 149 Å². The Morgan fingerprint density at radius 1 is 1.08 bits per heavy atom. The van der Waals surface area contributed by atoms with Crippen molar-refractivity contribution in [1.82, 2.24) is 5.32 Å². The fraction of sp³-hybridized carbons (Fsp3) is 0.750. The summed E-state index contributed by atoms with van der Waals surface area (Å²) in [5.41, 5.74) is 0. The van der Waals surface area contributed by atoms with Crippen LogP contribution < -0.4 is 5.32 Å². The fourth-order valence-corrected chi connectivity index (χ4v) is 2.74. The zero-order valence-corrected chi connectivity index (χ0v) is 14.6. The Hall–Kier alpha value is -1.21. The minimum absolute atomic E-state index is 0.0448. The second kappa shape index (κ2) is 16.3. The summed E-state index contributed by atoms with van der Waals surface area (Å²) in [6, 6.07) is 0. The van der Waals surface area contributed by atoms with Gasteiger partial charge >= 0.3 is 18.1 Å². The first-order valence-corrected chi connectivity index (χ1v) is 9.26. The Bertz CT molecular complexity index is 398. The number of ether oxygens (including phenoxy) is 1. The number of carbonyl (C=O) groups excluding carboxylic acids is 1. The van der Waals surface area contributed by atoms with Crippen LogP contribution >= 0.6 is 21.6 Å². The molecule has 0 unspecified atom stereocenters. The molecule has 0 aliphatic rings. The van der Waals surface area contributed by atoms with Crippen LogP contribution in [0.3, 0.4) is 0 Å².